The molecule has 19 heteroatoms. The van der Waals surface area contributed by atoms with Crippen molar-refractivity contribution in [2.45, 2.75) is 445 Å². The minimum absolute atomic E-state index is 0.106. The summed E-state index contributed by atoms with van der Waals surface area (Å²) < 4.78 is 68.6. The van der Waals surface area contributed by atoms with Crippen molar-refractivity contribution in [2.75, 3.05) is 39.6 Å². The Hall–Kier alpha value is -1.94. The second-order valence-corrected chi connectivity index (χ2v) is 32.8. The standard InChI is InChI=1S/C81H158O17P2/c1-7-10-12-14-16-18-19-20-21-24-28-31-34-40-46-52-58-64-79(84)92-70-77(97-80(85)65-59-53-47-41-35-32-29-26-23-22-25-27-30-33-39-44-50-56-62-74(6)9-3)72-96-100(89,90)94-68-75(82)67-93-99(87,88)95-71-76(69-91-78(83)63-57-51-45-37-17-15-13-11-8-2)98-81(86)66-60-54-48-42-36-38-43-49-55-61-73(4)5/h73-77,82H,7-72H2,1-6H3,(H,87,88)(H,89,90)/t74?,75-,76+,77+/m0/s1. The van der Waals surface area contributed by atoms with Gasteiger partial charge in [-0.05, 0) is 37.5 Å². The zero-order valence-electron chi connectivity index (χ0n) is 65.5. The smallest absolute Gasteiger partial charge is 0.462 e. The Balaban J connectivity index is 5.19. The average Bonchev–Trinajstić information content (AvgIpc) is 0.953. The molecule has 3 N–H and O–H groups in total. The summed E-state index contributed by atoms with van der Waals surface area (Å²) in [4.78, 5) is 72.9. The van der Waals surface area contributed by atoms with E-state index in [1.807, 2.05) is 0 Å². The average molecular weight is 1470 g/mol. The molecule has 3 unspecified atom stereocenters. The SMILES string of the molecule is CCCCCCCCCCCCCCCCCCCC(=O)OC[C@H](COP(=O)(O)OC[C@@H](O)COP(=O)(O)OC[C@@H](COC(=O)CCCCCCCCCCC)OC(=O)CCCCCCCCCCCC(C)C)OC(=O)CCCCCCCCCCCCCCCCCCCCC(C)CC. The van der Waals surface area contributed by atoms with Crippen LogP contribution in [0.15, 0.2) is 0 Å². The van der Waals surface area contributed by atoms with Crippen LogP contribution < -0.4 is 0 Å². The van der Waals surface area contributed by atoms with Gasteiger partial charge in [0, 0.05) is 25.7 Å². The molecule has 17 nitrogen and oxygen atoms in total. The maximum absolute atomic E-state index is 13.1. The second-order valence-electron chi connectivity index (χ2n) is 29.9. The lowest BCUT2D eigenvalue weighted by molar-refractivity contribution is -0.161. The molecule has 0 aliphatic heterocycles. The van der Waals surface area contributed by atoms with Gasteiger partial charge in [-0.2, -0.15) is 0 Å². The van der Waals surface area contributed by atoms with Crippen LogP contribution in [0, 0.1) is 11.8 Å². The number of esters is 4. The topological polar surface area (TPSA) is 237 Å². The highest BCUT2D eigenvalue weighted by molar-refractivity contribution is 7.47. The molecule has 0 aliphatic carbocycles. The van der Waals surface area contributed by atoms with Crippen LogP contribution in [0.4, 0.5) is 0 Å². The third-order valence-corrected chi connectivity index (χ3v) is 21.2. The fraction of sp³-hybridized carbons (Fsp3) is 0.951. The number of aliphatic hydroxyl groups is 1. The summed E-state index contributed by atoms with van der Waals surface area (Å²) in [6.07, 6.45) is 62.5. The number of rotatable bonds is 80. The first-order valence-electron chi connectivity index (χ1n) is 42.0. The molecule has 0 radical (unpaired) electrons. The zero-order chi connectivity index (χ0) is 73.5. The minimum Gasteiger partial charge on any atom is -0.462 e. The van der Waals surface area contributed by atoms with Crippen LogP contribution in [-0.4, -0.2) is 96.7 Å². The highest BCUT2D eigenvalue weighted by Crippen LogP contribution is 2.45. The van der Waals surface area contributed by atoms with Crippen molar-refractivity contribution in [2.24, 2.45) is 11.8 Å². The third kappa shape index (κ3) is 73.0. The van der Waals surface area contributed by atoms with Gasteiger partial charge < -0.3 is 33.8 Å². The molecule has 0 spiro atoms. The van der Waals surface area contributed by atoms with Crippen LogP contribution in [0.1, 0.15) is 427 Å². The van der Waals surface area contributed by atoms with Gasteiger partial charge in [-0.15, -0.1) is 0 Å². The number of phosphoric ester groups is 2. The lowest BCUT2D eigenvalue weighted by atomic mass is 9.99. The zero-order valence-corrected chi connectivity index (χ0v) is 67.3. The molecule has 0 saturated carbocycles. The fourth-order valence-corrected chi connectivity index (χ4v) is 14.1. The molecule has 0 heterocycles. The predicted octanol–water partition coefficient (Wildman–Crippen LogP) is 24.3. The summed E-state index contributed by atoms with van der Waals surface area (Å²) in [5, 5.41) is 10.6. The molecule has 100 heavy (non-hydrogen) atoms. The molecule has 0 fully saturated rings. The van der Waals surface area contributed by atoms with Crippen molar-refractivity contribution in [3.63, 3.8) is 0 Å². The van der Waals surface area contributed by atoms with E-state index in [2.05, 4.69) is 41.5 Å². The second kappa shape index (κ2) is 72.6. The molecule has 0 aromatic heterocycles. The maximum atomic E-state index is 13.1. The molecule has 0 rings (SSSR count). The summed E-state index contributed by atoms with van der Waals surface area (Å²) in [5.41, 5.74) is 0. The summed E-state index contributed by atoms with van der Waals surface area (Å²) in [6, 6.07) is 0. The van der Waals surface area contributed by atoms with Gasteiger partial charge in [0.15, 0.2) is 12.2 Å². The van der Waals surface area contributed by atoms with Gasteiger partial charge in [0.25, 0.3) is 0 Å². The number of carbonyl (C=O) groups excluding carboxylic acids is 4. The Kier molecular flexibility index (Phi) is 71.2. The van der Waals surface area contributed by atoms with Crippen molar-refractivity contribution in [1.82, 2.24) is 0 Å². The minimum atomic E-state index is -4.96. The van der Waals surface area contributed by atoms with Gasteiger partial charge in [-0.1, -0.05) is 375 Å². The molecule has 0 aliphatic rings. The molecule has 0 bridgehead atoms. The van der Waals surface area contributed by atoms with Gasteiger partial charge in [-0.3, -0.25) is 37.3 Å². The highest BCUT2D eigenvalue weighted by atomic mass is 31.2. The van der Waals surface area contributed by atoms with Gasteiger partial charge in [0.1, 0.15) is 19.3 Å². The van der Waals surface area contributed by atoms with Gasteiger partial charge in [0.05, 0.1) is 26.4 Å². The summed E-state index contributed by atoms with van der Waals surface area (Å²) in [5.74, 6) is -0.503. The number of unbranched alkanes of at least 4 members (excludes halogenated alkanes) is 49. The quantitative estimate of drug-likeness (QED) is 0.0222. The van der Waals surface area contributed by atoms with Gasteiger partial charge in [-0.25, -0.2) is 9.13 Å². The van der Waals surface area contributed by atoms with Crippen LogP contribution in [0.5, 0.6) is 0 Å². The van der Waals surface area contributed by atoms with E-state index >= 15 is 0 Å². The van der Waals surface area contributed by atoms with E-state index in [9.17, 15) is 43.2 Å². The number of hydrogen-bond acceptors (Lipinski definition) is 15. The summed E-state index contributed by atoms with van der Waals surface area (Å²) >= 11 is 0. The molecule has 0 aromatic carbocycles. The van der Waals surface area contributed by atoms with Gasteiger partial charge >= 0.3 is 39.5 Å². The molecular weight excluding hydrogens is 1310 g/mol. The monoisotopic (exact) mass is 1470 g/mol. The van der Waals surface area contributed by atoms with Crippen LogP contribution in [-0.2, 0) is 65.4 Å². The maximum Gasteiger partial charge on any atom is 0.472 e. The van der Waals surface area contributed by atoms with Crippen molar-refractivity contribution in [1.29, 1.82) is 0 Å². The summed E-state index contributed by atoms with van der Waals surface area (Å²) in [6.45, 7) is 9.66. The van der Waals surface area contributed by atoms with Crippen LogP contribution in [0.3, 0.4) is 0 Å². The number of aliphatic hydroxyl groups excluding tert-OH is 1. The first-order valence-corrected chi connectivity index (χ1v) is 45.0. The first-order chi connectivity index (χ1) is 48.4. The molecule has 6 atom stereocenters. The van der Waals surface area contributed by atoms with E-state index in [0.29, 0.717) is 25.7 Å². The third-order valence-electron chi connectivity index (χ3n) is 19.3. The van der Waals surface area contributed by atoms with E-state index in [-0.39, 0.29) is 25.7 Å². The summed E-state index contributed by atoms with van der Waals surface area (Å²) in [7, 11) is -9.92. The van der Waals surface area contributed by atoms with Crippen molar-refractivity contribution in [3.05, 3.63) is 0 Å². The number of carbonyl (C=O) groups is 4. The van der Waals surface area contributed by atoms with Crippen LogP contribution in [0.25, 0.3) is 0 Å². The lowest BCUT2D eigenvalue weighted by Gasteiger charge is -2.21. The van der Waals surface area contributed by atoms with Gasteiger partial charge in [0.2, 0.25) is 0 Å². The van der Waals surface area contributed by atoms with Crippen molar-refractivity contribution < 1.29 is 80.2 Å². The first kappa shape index (κ1) is 98.1. The Bertz CT molecular complexity index is 1930. The predicted molar refractivity (Wildman–Crippen MR) is 409 cm³/mol. The molecule has 0 saturated heterocycles. The van der Waals surface area contributed by atoms with E-state index < -0.39 is 97.5 Å². The van der Waals surface area contributed by atoms with Crippen molar-refractivity contribution in [3.8, 4) is 0 Å². The Labute approximate surface area is 613 Å². The van der Waals surface area contributed by atoms with Crippen LogP contribution >= 0.6 is 15.6 Å². The Morgan fingerprint density at radius 3 is 0.760 bits per heavy atom. The van der Waals surface area contributed by atoms with E-state index in [0.717, 1.165) is 102 Å². The van der Waals surface area contributed by atoms with Crippen LogP contribution in [0.2, 0.25) is 0 Å². The van der Waals surface area contributed by atoms with E-state index in [4.69, 9.17) is 37.0 Å². The Morgan fingerprint density at radius 1 is 0.290 bits per heavy atom. The fourth-order valence-electron chi connectivity index (χ4n) is 12.5. The molecule has 594 valence electrons. The Morgan fingerprint density at radius 2 is 0.510 bits per heavy atom. The molecule has 0 aromatic rings. The molecular formula is C81H158O17P2. The normalized spacial score (nSPS) is 14.2. The highest BCUT2D eigenvalue weighted by Gasteiger charge is 2.30. The van der Waals surface area contributed by atoms with Crippen molar-refractivity contribution >= 4 is 39.5 Å². The number of hydrogen-bond donors (Lipinski definition) is 3. The van der Waals surface area contributed by atoms with E-state index in [1.165, 1.54) is 244 Å². The molecule has 0 amide bonds. The number of phosphoric acid groups is 2. The van der Waals surface area contributed by atoms with E-state index in [1.54, 1.807) is 0 Å². The number of ether oxygens (including phenoxy) is 4. The lowest BCUT2D eigenvalue weighted by Crippen LogP contribution is -2.30. The largest absolute Gasteiger partial charge is 0.472 e.